The molecular weight excluding hydrogens is 404 g/mol. The fourth-order valence-corrected chi connectivity index (χ4v) is 4.51. The van der Waals surface area contributed by atoms with E-state index in [0.717, 1.165) is 23.8 Å². The Balaban J connectivity index is 1.41. The lowest BCUT2D eigenvalue weighted by atomic mass is 9.90. The van der Waals surface area contributed by atoms with Crippen LogP contribution in [-0.4, -0.2) is 41.1 Å². The molecule has 4 rings (SSSR count). The van der Waals surface area contributed by atoms with E-state index in [1.165, 1.54) is 55.2 Å². The molecule has 0 bridgehead atoms. The van der Waals surface area contributed by atoms with Crippen molar-refractivity contribution in [3.63, 3.8) is 0 Å². The maximum absolute atomic E-state index is 5.83. The topological polar surface area (TPSA) is 33.1 Å². The standard InChI is InChI=1S/C26H31ClN4/c1-3-31-24(5-4-14-28-23-9-11-26(27)29-19-23)18-22-17-21(8-10-25(22)31)7-6-20-12-15-30(2)16-13-20/h8-11,17-20,28H,3,6-7,12-16H2,1-2H3. The van der Waals surface area contributed by atoms with Gasteiger partial charge >= 0.3 is 0 Å². The van der Waals surface area contributed by atoms with Crippen molar-refractivity contribution < 1.29 is 0 Å². The number of fused-ring (bicyclic) bond motifs is 1. The van der Waals surface area contributed by atoms with Gasteiger partial charge < -0.3 is 14.8 Å². The van der Waals surface area contributed by atoms with Crippen LogP contribution in [0.3, 0.4) is 0 Å². The largest absolute Gasteiger partial charge is 0.373 e. The molecule has 0 aliphatic carbocycles. The molecule has 1 N–H and O–H groups in total. The van der Waals surface area contributed by atoms with Gasteiger partial charge in [0.1, 0.15) is 5.15 Å². The van der Waals surface area contributed by atoms with E-state index in [4.69, 9.17) is 11.6 Å². The Labute approximate surface area is 190 Å². The zero-order valence-corrected chi connectivity index (χ0v) is 19.3. The highest BCUT2D eigenvalue weighted by Crippen LogP contribution is 2.25. The van der Waals surface area contributed by atoms with Crippen molar-refractivity contribution in [2.75, 3.05) is 32.0 Å². The number of hydrogen-bond donors (Lipinski definition) is 1. The first-order chi connectivity index (χ1) is 15.1. The lowest BCUT2D eigenvalue weighted by Gasteiger charge is -2.28. The van der Waals surface area contributed by atoms with E-state index in [0.29, 0.717) is 11.7 Å². The van der Waals surface area contributed by atoms with Crippen LogP contribution in [0, 0.1) is 17.8 Å². The van der Waals surface area contributed by atoms with E-state index in [-0.39, 0.29) is 0 Å². The van der Waals surface area contributed by atoms with Gasteiger partial charge in [0.05, 0.1) is 24.1 Å². The van der Waals surface area contributed by atoms with Crippen LogP contribution in [0.4, 0.5) is 5.69 Å². The van der Waals surface area contributed by atoms with Crippen LogP contribution in [0.5, 0.6) is 0 Å². The Morgan fingerprint density at radius 2 is 2.00 bits per heavy atom. The third kappa shape index (κ3) is 5.61. The number of aromatic nitrogens is 2. The lowest BCUT2D eigenvalue weighted by Crippen LogP contribution is -2.30. The summed E-state index contributed by atoms with van der Waals surface area (Å²) in [5.74, 6) is 7.45. The molecule has 0 spiro atoms. The second kappa shape index (κ2) is 10.2. The minimum Gasteiger partial charge on any atom is -0.373 e. The average molecular weight is 435 g/mol. The molecule has 0 saturated carbocycles. The first-order valence-electron chi connectivity index (χ1n) is 11.3. The molecule has 5 heteroatoms. The van der Waals surface area contributed by atoms with Crippen molar-refractivity contribution in [2.24, 2.45) is 5.92 Å². The van der Waals surface area contributed by atoms with Gasteiger partial charge in [0.25, 0.3) is 0 Å². The number of halogens is 1. The molecule has 2 aromatic heterocycles. The van der Waals surface area contributed by atoms with Crippen LogP contribution >= 0.6 is 11.6 Å². The summed E-state index contributed by atoms with van der Waals surface area (Å²) in [5.41, 5.74) is 4.70. The van der Waals surface area contributed by atoms with E-state index in [2.05, 4.69) is 69.8 Å². The van der Waals surface area contributed by atoms with E-state index in [1.54, 1.807) is 12.3 Å². The van der Waals surface area contributed by atoms with Gasteiger partial charge in [-0.2, -0.15) is 0 Å². The normalized spacial score (nSPS) is 15.1. The molecular formula is C26H31ClN4. The Morgan fingerprint density at radius 3 is 2.74 bits per heavy atom. The molecule has 1 saturated heterocycles. The molecule has 0 radical (unpaired) electrons. The van der Waals surface area contributed by atoms with E-state index in [9.17, 15) is 0 Å². The maximum atomic E-state index is 5.83. The van der Waals surface area contributed by atoms with Crippen molar-refractivity contribution in [1.82, 2.24) is 14.5 Å². The number of likely N-dealkylation sites (tertiary alicyclic amines) is 1. The van der Waals surface area contributed by atoms with Crippen LogP contribution in [0.25, 0.3) is 10.9 Å². The Bertz CT molecular complexity index is 1070. The highest BCUT2D eigenvalue weighted by molar-refractivity contribution is 6.29. The van der Waals surface area contributed by atoms with Gasteiger partial charge in [-0.3, -0.25) is 0 Å². The fourth-order valence-electron chi connectivity index (χ4n) is 4.40. The smallest absolute Gasteiger partial charge is 0.129 e. The predicted molar refractivity (Wildman–Crippen MR) is 131 cm³/mol. The first kappa shape index (κ1) is 21.7. The third-order valence-electron chi connectivity index (χ3n) is 6.29. The van der Waals surface area contributed by atoms with Crippen molar-refractivity contribution in [3.8, 4) is 11.8 Å². The summed E-state index contributed by atoms with van der Waals surface area (Å²) in [5, 5.41) is 5.05. The molecule has 1 aliphatic heterocycles. The molecule has 3 heterocycles. The third-order valence-corrected chi connectivity index (χ3v) is 6.51. The van der Waals surface area contributed by atoms with Gasteiger partial charge in [0.15, 0.2) is 0 Å². The molecule has 1 fully saturated rings. The van der Waals surface area contributed by atoms with Gasteiger partial charge in [-0.05, 0) is 100 Å². The number of aryl methyl sites for hydroxylation is 2. The quantitative estimate of drug-likeness (QED) is 0.413. The van der Waals surface area contributed by atoms with Crippen molar-refractivity contribution in [3.05, 3.63) is 59.0 Å². The maximum Gasteiger partial charge on any atom is 0.129 e. The van der Waals surface area contributed by atoms with Crippen molar-refractivity contribution in [1.29, 1.82) is 0 Å². The molecule has 31 heavy (non-hydrogen) atoms. The Morgan fingerprint density at radius 1 is 1.16 bits per heavy atom. The second-order valence-electron chi connectivity index (χ2n) is 8.48. The van der Waals surface area contributed by atoms with Crippen molar-refractivity contribution >= 4 is 28.2 Å². The van der Waals surface area contributed by atoms with Gasteiger partial charge in [-0.15, -0.1) is 0 Å². The number of nitrogens with zero attached hydrogens (tertiary/aromatic N) is 3. The molecule has 4 nitrogen and oxygen atoms in total. The molecule has 0 unspecified atom stereocenters. The number of anilines is 1. The number of hydrogen-bond acceptors (Lipinski definition) is 3. The SMILES string of the molecule is CCn1c(C#CCNc2ccc(Cl)nc2)cc2cc(CCC3CCN(C)CC3)ccc21. The van der Waals surface area contributed by atoms with Crippen LogP contribution in [0.1, 0.15) is 37.4 Å². The Kier molecular flexibility index (Phi) is 7.17. The fraction of sp³-hybridized carbons (Fsp3) is 0.423. The monoisotopic (exact) mass is 434 g/mol. The highest BCUT2D eigenvalue weighted by Gasteiger charge is 2.16. The highest BCUT2D eigenvalue weighted by atomic mass is 35.5. The summed E-state index contributed by atoms with van der Waals surface area (Å²) < 4.78 is 2.30. The van der Waals surface area contributed by atoms with Crippen LogP contribution in [0.15, 0.2) is 42.6 Å². The molecule has 0 amide bonds. The molecule has 3 aromatic rings. The second-order valence-corrected chi connectivity index (χ2v) is 8.86. The molecule has 1 aliphatic rings. The van der Waals surface area contributed by atoms with E-state index in [1.807, 2.05) is 6.07 Å². The number of pyridine rings is 1. The van der Waals surface area contributed by atoms with Crippen LogP contribution in [0.2, 0.25) is 5.15 Å². The molecule has 0 atom stereocenters. The van der Waals surface area contributed by atoms with Gasteiger partial charge in [-0.1, -0.05) is 23.6 Å². The van der Waals surface area contributed by atoms with E-state index < -0.39 is 0 Å². The van der Waals surface area contributed by atoms with Crippen LogP contribution < -0.4 is 5.32 Å². The summed E-state index contributed by atoms with van der Waals surface area (Å²) in [6.45, 7) is 6.15. The molecule has 162 valence electrons. The lowest BCUT2D eigenvalue weighted by molar-refractivity contribution is 0.212. The average Bonchev–Trinajstić information content (AvgIpc) is 3.14. The first-order valence-corrected chi connectivity index (χ1v) is 11.6. The minimum absolute atomic E-state index is 0.495. The zero-order chi connectivity index (χ0) is 21.6. The van der Waals surface area contributed by atoms with Gasteiger partial charge in [0, 0.05) is 17.4 Å². The minimum atomic E-state index is 0.495. The summed E-state index contributed by atoms with van der Waals surface area (Å²) in [6, 6.07) is 12.8. The zero-order valence-electron chi connectivity index (χ0n) is 18.5. The number of benzene rings is 1. The predicted octanol–water partition coefficient (Wildman–Crippen LogP) is 5.45. The van der Waals surface area contributed by atoms with Gasteiger partial charge in [0.2, 0.25) is 0 Å². The number of nitrogens with one attached hydrogen (secondary N) is 1. The Hall–Kier alpha value is -2.48. The van der Waals surface area contributed by atoms with Crippen molar-refractivity contribution in [2.45, 2.75) is 39.2 Å². The van der Waals surface area contributed by atoms with Crippen LogP contribution in [-0.2, 0) is 13.0 Å². The number of rotatable bonds is 6. The summed E-state index contributed by atoms with van der Waals surface area (Å²) >= 11 is 5.83. The summed E-state index contributed by atoms with van der Waals surface area (Å²) in [4.78, 5) is 6.52. The number of piperidine rings is 1. The van der Waals surface area contributed by atoms with Gasteiger partial charge in [-0.25, -0.2) is 4.98 Å². The van der Waals surface area contributed by atoms with E-state index >= 15 is 0 Å². The summed E-state index contributed by atoms with van der Waals surface area (Å²) in [6.07, 6.45) is 6.86. The molecule has 1 aromatic carbocycles. The summed E-state index contributed by atoms with van der Waals surface area (Å²) in [7, 11) is 2.23.